The second-order valence-corrected chi connectivity index (χ2v) is 5.84. The van der Waals surface area contributed by atoms with Crippen LogP contribution >= 0.6 is 22.6 Å². The van der Waals surface area contributed by atoms with Gasteiger partial charge < -0.3 is 14.3 Å². The molecule has 2 aromatic rings. The molecule has 0 radical (unpaired) electrons. The molecule has 0 amide bonds. The molecular formula is C16H16INO4. The molecule has 6 heteroatoms. The third kappa shape index (κ3) is 3.49. The first-order valence-electron chi connectivity index (χ1n) is 6.74. The number of aliphatic hydroxyl groups is 1. The lowest BCUT2D eigenvalue weighted by Crippen LogP contribution is -2.09. The number of hydrogen-bond donors (Lipinski definition) is 1. The van der Waals surface area contributed by atoms with Gasteiger partial charge in [-0.15, -0.1) is 0 Å². The molecule has 116 valence electrons. The van der Waals surface area contributed by atoms with Crippen molar-refractivity contribution in [2.75, 3.05) is 6.61 Å². The highest BCUT2D eigenvalue weighted by atomic mass is 127. The van der Waals surface area contributed by atoms with Crippen molar-refractivity contribution >= 4 is 34.1 Å². The SMILES string of the molecule is CCOC(=O)/C(=C(/C)O)c1oc(C)nc1-c1ccc(I)cc1. The normalized spacial score (nSPS) is 12.0. The Kier molecular flexibility index (Phi) is 5.23. The minimum Gasteiger partial charge on any atom is -0.512 e. The summed E-state index contributed by atoms with van der Waals surface area (Å²) >= 11 is 2.21. The van der Waals surface area contributed by atoms with Crippen LogP contribution in [0, 0.1) is 10.5 Å². The highest BCUT2D eigenvalue weighted by molar-refractivity contribution is 14.1. The molecule has 0 spiro atoms. The summed E-state index contributed by atoms with van der Waals surface area (Å²) in [6.45, 7) is 5.02. The van der Waals surface area contributed by atoms with Crippen LogP contribution in [0.3, 0.4) is 0 Å². The fourth-order valence-electron chi connectivity index (χ4n) is 2.01. The van der Waals surface area contributed by atoms with Crippen LogP contribution in [-0.4, -0.2) is 22.7 Å². The predicted molar refractivity (Wildman–Crippen MR) is 91.2 cm³/mol. The van der Waals surface area contributed by atoms with Crippen LogP contribution in [-0.2, 0) is 9.53 Å². The van der Waals surface area contributed by atoms with Gasteiger partial charge >= 0.3 is 5.97 Å². The third-order valence-electron chi connectivity index (χ3n) is 2.92. The summed E-state index contributed by atoms with van der Waals surface area (Å²) in [4.78, 5) is 16.4. The number of rotatable bonds is 4. The minimum atomic E-state index is -0.634. The summed E-state index contributed by atoms with van der Waals surface area (Å²) in [6.07, 6.45) is 0. The van der Waals surface area contributed by atoms with Gasteiger partial charge in [-0.2, -0.15) is 0 Å². The molecule has 1 aromatic heterocycles. The molecule has 1 N–H and O–H groups in total. The van der Waals surface area contributed by atoms with Crippen molar-refractivity contribution in [2.24, 2.45) is 0 Å². The van der Waals surface area contributed by atoms with Crippen molar-refractivity contribution < 1.29 is 19.1 Å². The molecule has 1 aromatic carbocycles. The topological polar surface area (TPSA) is 72.6 Å². The van der Waals surface area contributed by atoms with Gasteiger partial charge in [0, 0.05) is 16.1 Å². The number of halogens is 1. The van der Waals surface area contributed by atoms with E-state index in [0.29, 0.717) is 11.6 Å². The highest BCUT2D eigenvalue weighted by Gasteiger charge is 2.26. The Labute approximate surface area is 142 Å². The van der Waals surface area contributed by atoms with Crippen molar-refractivity contribution in [1.82, 2.24) is 4.98 Å². The number of nitrogens with zero attached hydrogens (tertiary/aromatic N) is 1. The smallest absolute Gasteiger partial charge is 0.345 e. The number of aromatic nitrogens is 1. The fourth-order valence-corrected chi connectivity index (χ4v) is 2.37. The first-order chi connectivity index (χ1) is 10.4. The Balaban J connectivity index is 2.58. The zero-order valence-electron chi connectivity index (χ0n) is 12.5. The average Bonchev–Trinajstić information content (AvgIpc) is 2.81. The first kappa shape index (κ1) is 16.5. The van der Waals surface area contributed by atoms with Gasteiger partial charge in [0.15, 0.2) is 11.7 Å². The average molecular weight is 413 g/mol. The molecule has 22 heavy (non-hydrogen) atoms. The molecule has 2 rings (SSSR count). The zero-order chi connectivity index (χ0) is 16.3. The van der Waals surface area contributed by atoms with E-state index in [9.17, 15) is 9.90 Å². The number of carbonyl (C=O) groups is 1. The van der Waals surface area contributed by atoms with Crippen LogP contribution in [0.5, 0.6) is 0 Å². The van der Waals surface area contributed by atoms with Crippen LogP contribution < -0.4 is 0 Å². The van der Waals surface area contributed by atoms with Crippen LogP contribution in [0.15, 0.2) is 34.4 Å². The summed E-state index contributed by atoms with van der Waals surface area (Å²) in [6, 6.07) is 7.64. The molecule has 0 bridgehead atoms. The highest BCUT2D eigenvalue weighted by Crippen LogP contribution is 2.31. The second kappa shape index (κ2) is 6.95. The van der Waals surface area contributed by atoms with Crippen molar-refractivity contribution in [2.45, 2.75) is 20.8 Å². The molecule has 0 aliphatic rings. The van der Waals surface area contributed by atoms with Gasteiger partial charge in [0.2, 0.25) is 0 Å². The maximum Gasteiger partial charge on any atom is 0.345 e. The fraction of sp³-hybridized carbons (Fsp3) is 0.250. The Morgan fingerprint density at radius 1 is 1.36 bits per heavy atom. The van der Waals surface area contributed by atoms with Crippen molar-refractivity contribution in [3.63, 3.8) is 0 Å². The van der Waals surface area contributed by atoms with E-state index in [-0.39, 0.29) is 23.7 Å². The van der Waals surface area contributed by atoms with Gasteiger partial charge in [-0.05, 0) is 48.6 Å². The van der Waals surface area contributed by atoms with Gasteiger partial charge in [-0.3, -0.25) is 0 Å². The monoisotopic (exact) mass is 413 g/mol. The molecule has 0 aliphatic carbocycles. The summed E-state index contributed by atoms with van der Waals surface area (Å²) in [5.41, 5.74) is 1.30. The van der Waals surface area contributed by atoms with Crippen LogP contribution in [0.2, 0.25) is 0 Å². The van der Waals surface area contributed by atoms with E-state index < -0.39 is 5.97 Å². The van der Waals surface area contributed by atoms with E-state index in [4.69, 9.17) is 9.15 Å². The number of aliphatic hydroxyl groups excluding tert-OH is 1. The van der Waals surface area contributed by atoms with Gasteiger partial charge in [0.05, 0.1) is 6.61 Å². The summed E-state index contributed by atoms with van der Waals surface area (Å²) in [7, 11) is 0. The van der Waals surface area contributed by atoms with Crippen molar-refractivity contribution in [3.05, 3.63) is 45.2 Å². The Bertz CT molecular complexity index is 712. The number of esters is 1. The predicted octanol–water partition coefficient (Wildman–Crippen LogP) is 4.11. The number of benzene rings is 1. The van der Waals surface area contributed by atoms with Gasteiger partial charge in [-0.25, -0.2) is 9.78 Å². The third-order valence-corrected chi connectivity index (χ3v) is 3.64. The zero-order valence-corrected chi connectivity index (χ0v) is 14.7. The lowest BCUT2D eigenvalue weighted by Gasteiger charge is -2.07. The number of ether oxygens (including phenoxy) is 1. The molecule has 0 saturated carbocycles. The molecule has 5 nitrogen and oxygen atoms in total. The van der Waals surface area contributed by atoms with E-state index in [2.05, 4.69) is 27.6 Å². The molecule has 0 aliphatic heterocycles. The lowest BCUT2D eigenvalue weighted by atomic mass is 10.1. The molecule has 0 unspecified atom stereocenters. The van der Waals surface area contributed by atoms with E-state index in [1.807, 2.05) is 24.3 Å². The Morgan fingerprint density at radius 3 is 2.55 bits per heavy atom. The van der Waals surface area contributed by atoms with Gasteiger partial charge in [0.1, 0.15) is 17.0 Å². The van der Waals surface area contributed by atoms with Crippen molar-refractivity contribution in [3.8, 4) is 11.3 Å². The molecule has 0 atom stereocenters. The molecular weight excluding hydrogens is 397 g/mol. The maximum absolute atomic E-state index is 12.1. The quantitative estimate of drug-likeness (QED) is 0.354. The van der Waals surface area contributed by atoms with Crippen LogP contribution in [0.25, 0.3) is 16.8 Å². The maximum atomic E-state index is 12.1. The number of oxazole rings is 1. The standard InChI is InChI=1S/C16H16INO4/c1-4-21-16(20)13(9(2)19)15-14(18-10(3)22-15)11-5-7-12(17)8-6-11/h5-8,19H,4H2,1-3H3/b13-9-. The van der Waals surface area contributed by atoms with Gasteiger partial charge in [0.25, 0.3) is 0 Å². The number of hydrogen-bond acceptors (Lipinski definition) is 5. The number of carbonyl (C=O) groups excluding carboxylic acids is 1. The second-order valence-electron chi connectivity index (χ2n) is 4.60. The van der Waals surface area contributed by atoms with E-state index in [1.165, 1.54) is 6.92 Å². The molecule has 1 heterocycles. The minimum absolute atomic E-state index is 0.00370. The first-order valence-corrected chi connectivity index (χ1v) is 7.82. The summed E-state index contributed by atoms with van der Waals surface area (Å²) in [5.74, 6) is -0.171. The van der Waals surface area contributed by atoms with E-state index >= 15 is 0 Å². The summed E-state index contributed by atoms with van der Waals surface area (Å²) < 4.78 is 11.6. The lowest BCUT2D eigenvalue weighted by molar-refractivity contribution is -0.136. The molecule has 0 saturated heterocycles. The summed E-state index contributed by atoms with van der Waals surface area (Å²) in [5, 5.41) is 9.88. The number of aryl methyl sites for hydroxylation is 1. The van der Waals surface area contributed by atoms with E-state index in [1.54, 1.807) is 13.8 Å². The largest absolute Gasteiger partial charge is 0.512 e. The van der Waals surface area contributed by atoms with Crippen LogP contribution in [0.1, 0.15) is 25.5 Å². The molecule has 0 fully saturated rings. The van der Waals surface area contributed by atoms with Crippen LogP contribution in [0.4, 0.5) is 0 Å². The van der Waals surface area contributed by atoms with Gasteiger partial charge in [-0.1, -0.05) is 12.1 Å². The Morgan fingerprint density at radius 2 is 2.00 bits per heavy atom. The van der Waals surface area contributed by atoms with Crippen molar-refractivity contribution in [1.29, 1.82) is 0 Å². The number of allylic oxidation sites excluding steroid dienone is 1. The van der Waals surface area contributed by atoms with E-state index in [0.717, 1.165) is 9.13 Å². The Hall–Kier alpha value is -1.83.